The minimum atomic E-state index is -0.486. The Morgan fingerprint density at radius 1 is 1.05 bits per heavy atom. The summed E-state index contributed by atoms with van der Waals surface area (Å²) in [5, 5.41) is 0. The Balaban J connectivity index is 1.62. The number of carbonyl (C=O) groups is 1. The largest absolute Gasteiger partial charge is 0.367 e. The first kappa shape index (κ1) is 14.9. The molecule has 2 aromatic rings. The number of hydrogen-bond donors (Lipinski definition) is 0. The highest BCUT2D eigenvalue weighted by Crippen LogP contribution is 2.30. The summed E-state index contributed by atoms with van der Waals surface area (Å²) in [6, 6.07) is 19.8. The van der Waals surface area contributed by atoms with E-state index in [9.17, 15) is 4.79 Å². The Morgan fingerprint density at radius 3 is 2.32 bits per heavy atom. The Bertz CT molecular complexity index is 609. The first-order valence-corrected chi connectivity index (χ1v) is 7.62. The van der Waals surface area contributed by atoms with Crippen LogP contribution in [0, 0.1) is 0 Å². The van der Waals surface area contributed by atoms with Gasteiger partial charge in [-0.15, -0.1) is 0 Å². The van der Waals surface area contributed by atoms with Gasteiger partial charge < -0.3 is 9.47 Å². The lowest BCUT2D eigenvalue weighted by Gasteiger charge is -2.33. The molecule has 0 saturated carbocycles. The van der Waals surface area contributed by atoms with E-state index in [1.54, 1.807) is 0 Å². The van der Waals surface area contributed by atoms with Gasteiger partial charge in [-0.2, -0.15) is 0 Å². The summed E-state index contributed by atoms with van der Waals surface area (Å²) in [6.07, 6.45) is -0.524. The molecule has 0 aliphatic carbocycles. The molecule has 1 aliphatic rings. The van der Waals surface area contributed by atoms with Crippen molar-refractivity contribution < 1.29 is 14.3 Å². The predicted octanol–water partition coefficient (Wildman–Crippen LogP) is 3.69. The molecule has 3 atom stereocenters. The van der Waals surface area contributed by atoms with E-state index >= 15 is 0 Å². The number of ketones is 1. The molecule has 1 fully saturated rings. The van der Waals surface area contributed by atoms with Gasteiger partial charge >= 0.3 is 0 Å². The number of hydrogen-bond acceptors (Lipinski definition) is 3. The van der Waals surface area contributed by atoms with E-state index in [0.717, 1.165) is 11.1 Å². The van der Waals surface area contributed by atoms with Crippen LogP contribution in [-0.4, -0.2) is 18.0 Å². The molecule has 2 aromatic carbocycles. The van der Waals surface area contributed by atoms with Crippen molar-refractivity contribution in [3.05, 3.63) is 71.8 Å². The van der Waals surface area contributed by atoms with Crippen LogP contribution in [0.1, 0.15) is 30.6 Å². The number of rotatable bonds is 4. The number of ether oxygens (including phenoxy) is 2. The van der Waals surface area contributed by atoms with Crippen LogP contribution in [0.3, 0.4) is 0 Å². The third-order valence-electron chi connectivity index (χ3n) is 3.95. The summed E-state index contributed by atoms with van der Waals surface area (Å²) >= 11 is 0. The smallest absolute Gasteiger partial charge is 0.167 e. The summed E-state index contributed by atoms with van der Waals surface area (Å²) in [6.45, 7) is 2.34. The predicted molar refractivity (Wildman–Crippen MR) is 84.4 cm³/mol. The normalized spacial score (nSPS) is 25.1. The molecule has 114 valence electrons. The van der Waals surface area contributed by atoms with E-state index in [1.165, 1.54) is 0 Å². The maximum absolute atomic E-state index is 12.4. The average Bonchev–Trinajstić information content (AvgIpc) is 2.56. The van der Waals surface area contributed by atoms with Crippen molar-refractivity contribution in [2.45, 2.75) is 38.3 Å². The number of Topliss-reactive ketones (excluding diaryl/α,β-unsaturated/α-hetero) is 1. The lowest BCUT2D eigenvalue weighted by atomic mass is 9.95. The molecule has 0 unspecified atom stereocenters. The average molecular weight is 296 g/mol. The van der Waals surface area contributed by atoms with E-state index in [1.807, 2.05) is 67.6 Å². The standard InChI is InChI=1S/C19H20O3/c1-14-19(21-13-15-8-4-2-5-9-15)17(20)12-18(22-14)16-10-6-3-7-11-16/h2-11,14,18-19H,12-13H2,1H3/t14-,18+,19-/m0/s1. The second-order valence-electron chi connectivity index (χ2n) is 5.63. The zero-order valence-electron chi connectivity index (χ0n) is 12.6. The van der Waals surface area contributed by atoms with Gasteiger partial charge in [0, 0.05) is 6.42 Å². The summed E-state index contributed by atoms with van der Waals surface area (Å²) in [5.74, 6) is 0.114. The summed E-state index contributed by atoms with van der Waals surface area (Å²) < 4.78 is 11.8. The van der Waals surface area contributed by atoms with Gasteiger partial charge in [-0.3, -0.25) is 4.79 Å². The van der Waals surface area contributed by atoms with Crippen molar-refractivity contribution in [2.75, 3.05) is 0 Å². The van der Waals surface area contributed by atoms with Crippen molar-refractivity contribution in [2.24, 2.45) is 0 Å². The molecule has 0 bridgehead atoms. The van der Waals surface area contributed by atoms with Gasteiger partial charge in [0.1, 0.15) is 6.10 Å². The first-order valence-electron chi connectivity index (χ1n) is 7.62. The molecule has 0 spiro atoms. The van der Waals surface area contributed by atoms with Gasteiger partial charge in [-0.25, -0.2) is 0 Å². The van der Waals surface area contributed by atoms with E-state index in [4.69, 9.17) is 9.47 Å². The molecule has 1 aliphatic heterocycles. The molecule has 3 heteroatoms. The second kappa shape index (κ2) is 6.86. The van der Waals surface area contributed by atoms with Crippen LogP contribution in [0.2, 0.25) is 0 Å². The van der Waals surface area contributed by atoms with Crippen LogP contribution in [0.4, 0.5) is 0 Å². The molecule has 3 nitrogen and oxygen atoms in total. The molecule has 22 heavy (non-hydrogen) atoms. The van der Waals surface area contributed by atoms with Gasteiger partial charge in [0.25, 0.3) is 0 Å². The highest BCUT2D eigenvalue weighted by atomic mass is 16.6. The fourth-order valence-electron chi connectivity index (χ4n) is 2.79. The summed E-state index contributed by atoms with van der Waals surface area (Å²) in [4.78, 5) is 12.4. The van der Waals surface area contributed by atoms with Crippen molar-refractivity contribution in [1.82, 2.24) is 0 Å². The highest BCUT2D eigenvalue weighted by molar-refractivity contribution is 5.85. The van der Waals surface area contributed by atoms with E-state index in [-0.39, 0.29) is 18.0 Å². The lowest BCUT2D eigenvalue weighted by molar-refractivity contribution is -0.166. The Labute approximate surface area is 130 Å². The van der Waals surface area contributed by atoms with Crippen LogP contribution in [0.5, 0.6) is 0 Å². The van der Waals surface area contributed by atoms with Gasteiger partial charge in [-0.1, -0.05) is 60.7 Å². The molecule has 0 N–H and O–H groups in total. The molecule has 0 aromatic heterocycles. The maximum atomic E-state index is 12.4. The van der Waals surface area contributed by atoms with E-state index < -0.39 is 6.10 Å². The molecule has 1 heterocycles. The van der Waals surface area contributed by atoms with Gasteiger partial charge in [-0.05, 0) is 18.1 Å². The van der Waals surface area contributed by atoms with Gasteiger partial charge in [0.15, 0.2) is 5.78 Å². The monoisotopic (exact) mass is 296 g/mol. The summed E-state index contributed by atoms with van der Waals surface area (Å²) in [5.41, 5.74) is 2.11. The molecular formula is C19H20O3. The van der Waals surface area contributed by atoms with Crippen LogP contribution < -0.4 is 0 Å². The zero-order valence-corrected chi connectivity index (χ0v) is 12.6. The third kappa shape index (κ3) is 3.43. The quantitative estimate of drug-likeness (QED) is 0.863. The Kier molecular flexibility index (Phi) is 4.66. The van der Waals surface area contributed by atoms with E-state index in [0.29, 0.717) is 13.0 Å². The Hall–Kier alpha value is -1.97. The van der Waals surface area contributed by atoms with Crippen LogP contribution in [-0.2, 0) is 20.9 Å². The SMILES string of the molecule is C[C@@H]1O[C@@H](c2ccccc2)CC(=O)[C@H]1OCc1ccccc1. The van der Waals surface area contributed by atoms with Crippen molar-refractivity contribution in [1.29, 1.82) is 0 Å². The fourth-order valence-corrected chi connectivity index (χ4v) is 2.79. The van der Waals surface area contributed by atoms with Gasteiger partial charge in [0.2, 0.25) is 0 Å². The fraction of sp³-hybridized carbons (Fsp3) is 0.316. The molecule has 3 rings (SSSR count). The Morgan fingerprint density at radius 2 is 1.68 bits per heavy atom. The van der Waals surface area contributed by atoms with Crippen molar-refractivity contribution >= 4 is 5.78 Å². The second-order valence-corrected chi connectivity index (χ2v) is 5.63. The van der Waals surface area contributed by atoms with E-state index in [2.05, 4.69) is 0 Å². The minimum Gasteiger partial charge on any atom is -0.367 e. The minimum absolute atomic E-state index is 0.114. The third-order valence-corrected chi connectivity index (χ3v) is 3.95. The number of benzene rings is 2. The lowest BCUT2D eigenvalue weighted by Crippen LogP contribution is -2.42. The van der Waals surface area contributed by atoms with Crippen molar-refractivity contribution in [3.8, 4) is 0 Å². The first-order chi connectivity index (χ1) is 10.7. The van der Waals surface area contributed by atoms with Crippen molar-refractivity contribution in [3.63, 3.8) is 0 Å². The summed E-state index contributed by atoms with van der Waals surface area (Å²) in [7, 11) is 0. The number of carbonyl (C=O) groups excluding carboxylic acids is 1. The molecule has 0 radical (unpaired) electrons. The zero-order chi connectivity index (χ0) is 15.4. The topological polar surface area (TPSA) is 35.5 Å². The molecular weight excluding hydrogens is 276 g/mol. The molecule has 0 amide bonds. The molecule has 1 saturated heterocycles. The van der Waals surface area contributed by atoms with Crippen LogP contribution >= 0.6 is 0 Å². The van der Waals surface area contributed by atoms with Crippen LogP contribution in [0.15, 0.2) is 60.7 Å². The maximum Gasteiger partial charge on any atom is 0.167 e. The van der Waals surface area contributed by atoms with Crippen LogP contribution in [0.25, 0.3) is 0 Å². The highest BCUT2D eigenvalue weighted by Gasteiger charge is 2.36. The van der Waals surface area contributed by atoms with Gasteiger partial charge in [0.05, 0.1) is 18.8 Å².